The Balaban J connectivity index is 0.000000459. The fraction of sp³-hybridized carbons (Fsp3) is 0.562. The molecule has 1 aromatic rings. The summed E-state index contributed by atoms with van der Waals surface area (Å²) >= 11 is 0. The van der Waals surface area contributed by atoms with Gasteiger partial charge in [-0.3, -0.25) is 4.79 Å². The number of benzene rings is 1. The molecule has 0 unspecified atom stereocenters. The predicted octanol–water partition coefficient (Wildman–Crippen LogP) is 4.21. The summed E-state index contributed by atoms with van der Waals surface area (Å²) in [6.45, 7) is 5.89. The third-order valence-electron chi connectivity index (χ3n) is 2.95. The van der Waals surface area contributed by atoms with Gasteiger partial charge >= 0.3 is 0 Å². The molecule has 0 atom stereocenters. The number of unbranched alkanes of at least 4 members (excludes halogenated alkanes) is 2. The van der Waals surface area contributed by atoms with Crippen molar-refractivity contribution in [1.29, 1.82) is 0 Å². The molecule has 0 amide bonds. The first-order valence-corrected chi connectivity index (χ1v) is 7.08. The highest BCUT2D eigenvalue weighted by Crippen LogP contribution is 2.27. The summed E-state index contributed by atoms with van der Waals surface area (Å²) in [7, 11) is 0. The third-order valence-corrected chi connectivity index (χ3v) is 2.95. The molecule has 3 heteroatoms. The Morgan fingerprint density at radius 2 is 1.53 bits per heavy atom. The van der Waals surface area contributed by atoms with E-state index < -0.39 is 0 Å². The van der Waals surface area contributed by atoms with Gasteiger partial charge in [0.2, 0.25) is 0 Å². The van der Waals surface area contributed by atoms with Gasteiger partial charge in [-0.1, -0.05) is 39.7 Å². The van der Waals surface area contributed by atoms with Gasteiger partial charge in [-0.05, 0) is 25.0 Å². The minimum atomic E-state index is 0.205. The summed E-state index contributed by atoms with van der Waals surface area (Å²) in [5.74, 6) is 0.752. The lowest BCUT2D eigenvalue weighted by atomic mass is 10.1. The largest absolute Gasteiger partial charge is 0.508 e. The van der Waals surface area contributed by atoms with Crippen LogP contribution < -0.4 is 0 Å². The summed E-state index contributed by atoms with van der Waals surface area (Å²) in [5, 5.41) is 18.9. The van der Waals surface area contributed by atoms with Crippen LogP contribution in [0.4, 0.5) is 0 Å². The summed E-state index contributed by atoms with van der Waals surface area (Å²) in [6.07, 6.45) is 5.43. The van der Waals surface area contributed by atoms with Crippen molar-refractivity contribution in [2.75, 3.05) is 0 Å². The Labute approximate surface area is 116 Å². The predicted molar refractivity (Wildman–Crippen MR) is 78.6 cm³/mol. The molecule has 0 aliphatic heterocycles. The molecule has 3 nitrogen and oxygen atoms in total. The van der Waals surface area contributed by atoms with Crippen LogP contribution >= 0.6 is 0 Å². The van der Waals surface area contributed by atoms with Gasteiger partial charge in [0, 0.05) is 18.4 Å². The fourth-order valence-electron chi connectivity index (χ4n) is 1.62. The van der Waals surface area contributed by atoms with Gasteiger partial charge in [-0.25, -0.2) is 0 Å². The van der Waals surface area contributed by atoms with Crippen molar-refractivity contribution in [3.63, 3.8) is 0 Å². The molecule has 0 saturated carbocycles. The minimum absolute atomic E-state index is 0.205. The maximum Gasteiger partial charge on any atom is 0.132 e. The van der Waals surface area contributed by atoms with Crippen molar-refractivity contribution in [2.24, 2.45) is 0 Å². The summed E-state index contributed by atoms with van der Waals surface area (Å²) < 4.78 is 0. The Morgan fingerprint density at radius 1 is 1.00 bits per heavy atom. The Hall–Kier alpha value is -1.51. The van der Waals surface area contributed by atoms with Crippen molar-refractivity contribution >= 4 is 5.78 Å². The number of phenols is 2. The lowest BCUT2D eigenvalue weighted by molar-refractivity contribution is -0.118. The van der Waals surface area contributed by atoms with E-state index in [1.807, 2.05) is 13.8 Å². The number of carbonyl (C=O) groups excluding carboxylic acids is 1. The molecule has 0 fully saturated rings. The molecule has 0 saturated heterocycles. The van der Waals surface area contributed by atoms with Crippen LogP contribution in [0.25, 0.3) is 0 Å². The standard InChI is InChI=1S/C11H16O2.C5H10O/c1-2-3-4-6-9-10(12)7-5-8-11(9)13;1-3-5(6)4-2/h5,7-8,12-13H,2-4,6H2,1H3;3-4H2,1-2H3. The number of Topliss-reactive ketones (excluding diaryl/α,β-unsaturated/α-hetero) is 1. The highest BCUT2D eigenvalue weighted by Gasteiger charge is 2.05. The van der Waals surface area contributed by atoms with Gasteiger partial charge in [0.05, 0.1) is 0 Å². The van der Waals surface area contributed by atoms with Crippen molar-refractivity contribution < 1.29 is 15.0 Å². The number of hydrogen-bond acceptors (Lipinski definition) is 3. The van der Waals surface area contributed by atoms with E-state index in [-0.39, 0.29) is 11.5 Å². The minimum Gasteiger partial charge on any atom is -0.508 e. The topological polar surface area (TPSA) is 57.5 Å². The number of aromatic hydroxyl groups is 2. The molecule has 1 rings (SSSR count). The van der Waals surface area contributed by atoms with Crippen LogP contribution in [0.5, 0.6) is 11.5 Å². The normalized spacial score (nSPS) is 9.63. The number of phenolic OH excluding ortho intramolecular Hbond substituents is 2. The number of carbonyl (C=O) groups is 1. The molecule has 0 heterocycles. The molecule has 0 radical (unpaired) electrons. The zero-order chi connectivity index (χ0) is 14.7. The molecular formula is C16H26O3. The second kappa shape index (κ2) is 10.4. The summed E-state index contributed by atoms with van der Waals surface area (Å²) in [4.78, 5) is 10.2. The van der Waals surface area contributed by atoms with E-state index in [9.17, 15) is 15.0 Å². The second-order valence-electron chi connectivity index (χ2n) is 4.48. The smallest absolute Gasteiger partial charge is 0.132 e. The zero-order valence-electron chi connectivity index (χ0n) is 12.3. The maximum atomic E-state index is 10.2. The Bertz CT molecular complexity index is 346. The molecule has 0 aromatic heterocycles. The average Bonchev–Trinajstić information content (AvgIpc) is 2.42. The first-order valence-electron chi connectivity index (χ1n) is 7.08. The summed E-state index contributed by atoms with van der Waals surface area (Å²) in [5.41, 5.74) is 0.677. The quantitative estimate of drug-likeness (QED) is 0.758. The number of rotatable bonds is 6. The fourth-order valence-corrected chi connectivity index (χ4v) is 1.62. The van der Waals surface area contributed by atoms with Crippen LogP contribution in [0, 0.1) is 0 Å². The van der Waals surface area contributed by atoms with Gasteiger partial charge in [-0.2, -0.15) is 0 Å². The molecule has 108 valence electrons. The monoisotopic (exact) mass is 266 g/mol. The van der Waals surface area contributed by atoms with E-state index in [1.54, 1.807) is 18.2 Å². The maximum absolute atomic E-state index is 10.2. The van der Waals surface area contributed by atoms with Gasteiger partial charge < -0.3 is 10.2 Å². The van der Waals surface area contributed by atoms with Crippen molar-refractivity contribution in [3.05, 3.63) is 23.8 Å². The van der Waals surface area contributed by atoms with Crippen molar-refractivity contribution in [1.82, 2.24) is 0 Å². The highest BCUT2D eigenvalue weighted by molar-refractivity contribution is 5.77. The van der Waals surface area contributed by atoms with Crippen LogP contribution in [0.15, 0.2) is 18.2 Å². The van der Waals surface area contributed by atoms with Crippen molar-refractivity contribution in [3.8, 4) is 11.5 Å². The molecule has 2 N–H and O–H groups in total. The van der Waals surface area contributed by atoms with Gasteiger partial charge in [0.15, 0.2) is 0 Å². The lowest BCUT2D eigenvalue weighted by Gasteiger charge is -2.05. The second-order valence-corrected chi connectivity index (χ2v) is 4.48. The van der Waals surface area contributed by atoms with E-state index in [0.29, 0.717) is 24.2 Å². The van der Waals surface area contributed by atoms with Gasteiger partial charge in [0.1, 0.15) is 17.3 Å². The van der Waals surface area contributed by atoms with E-state index in [0.717, 1.165) is 25.7 Å². The highest BCUT2D eigenvalue weighted by atomic mass is 16.3. The lowest BCUT2D eigenvalue weighted by Crippen LogP contribution is -1.88. The molecule has 1 aromatic carbocycles. The number of hydrogen-bond donors (Lipinski definition) is 2. The molecule has 0 aliphatic rings. The van der Waals surface area contributed by atoms with E-state index >= 15 is 0 Å². The third kappa shape index (κ3) is 7.50. The molecule has 0 spiro atoms. The van der Waals surface area contributed by atoms with E-state index in [1.165, 1.54) is 0 Å². The van der Waals surface area contributed by atoms with E-state index in [4.69, 9.17) is 0 Å². The van der Waals surface area contributed by atoms with Crippen LogP contribution in [0.1, 0.15) is 58.4 Å². The van der Waals surface area contributed by atoms with Gasteiger partial charge in [-0.15, -0.1) is 0 Å². The first-order chi connectivity index (χ1) is 9.06. The van der Waals surface area contributed by atoms with Crippen molar-refractivity contribution in [2.45, 2.75) is 59.3 Å². The first kappa shape index (κ1) is 17.5. The Kier molecular flexibility index (Phi) is 9.59. The van der Waals surface area contributed by atoms with Crippen LogP contribution in [-0.4, -0.2) is 16.0 Å². The van der Waals surface area contributed by atoms with Gasteiger partial charge in [0.25, 0.3) is 0 Å². The molecule has 0 bridgehead atoms. The average molecular weight is 266 g/mol. The molecule has 19 heavy (non-hydrogen) atoms. The van der Waals surface area contributed by atoms with Crippen LogP contribution in [0.3, 0.4) is 0 Å². The number of ketones is 1. The molecule has 0 aliphatic carbocycles. The van der Waals surface area contributed by atoms with Crippen LogP contribution in [0.2, 0.25) is 0 Å². The molecular weight excluding hydrogens is 240 g/mol. The summed E-state index contributed by atoms with van der Waals surface area (Å²) in [6, 6.07) is 4.87. The van der Waals surface area contributed by atoms with Crippen LogP contribution in [-0.2, 0) is 11.2 Å². The Morgan fingerprint density at radius 3 is 1.89 bits per heavy atom. The SMILES string of the molecule is CCC(=O)CC.CCCCCc1c(O)cccc1O. The zero-order valence-corrected chi connectivity index (χ0v) is 12.3. The van der Waals surface area contributed by atoms with E-state index in [2.05, 4.69) is 6.92 Å².